The van der Waals surface area contributed by atoms with Crippen molar-refractivity contribution in [1.82, 2.24) is 24.7 Å². The van der Waals surface area contributed by atoms with Gasteiger partial charge in [-0.05, 0) is 12.0 Å². The van der Waals surface area contributed by atoms with Gasteiger partial charge in [0.15, 0.2) is 0 Å². The van der Waals surface area contributed by atoms with Crippen LogP contribution in [-0.4, -0.2) is 42.5 Å². The van der Waals surface area contributed by atoms with Crippen LogP contribution in [0.4, 0.5) is 11.9 Å². The molecule has 2 rings (SSSR count). The van der Waals surface area contributed by atoms with E-state index in [1.807, 2.05) is 13.8 Å². The summed E-state index contributed by atoms with van der Waals surface area (Å²) in [4.78, 5) is 12.5. The van der Waals surface area contributed by atoms with Crippen LogP contribution in [0.5, 0.6) is 0 Å². The molecule has 1 atom stereocenters. The molecule has 1 unspecified atom stereocenters. The SMILES string of the molecule is CC(C)C(CO)Nc1nc(NN)nc(-n2cccn2)n1. The van der Waals surface area contributed by atoms with E-state index in [0.717, 1.165) is 0 Å². The Balaban J connectivity index is 2.31. The van der Waals surface area contributed by atoms with Gasteiger partial charge in [0, 0.05) is 12.4 Å². The number of hydrogen-bond donors (Lipinski definition) is 4. The van der Waals surface area contributed by atoms with Gasteiger partial charge in [0.2, 0.25) is 11.9 Å². The van der Waals surface area contributed by atoms with Crippen molar-refractivity contribution in [3.05, 3.63) is 18.5 Å². The lowest BCUT2D eigenvalue weighted by atomic mass is 10.1. The molecule has 0 aliphatic carbocycles. The average molecular weight is 278 g/mol. The predicted octanol–water partition coefficient (Wildman–Crippen LogP) is -0.228. The zero-order chi connectivity index (χ0) is 14.5. The maximum atomic E-state index is 9.35. The summed E-state index contributed by atoms with van der Waals surface area (Å²) in [5.74, 6) is 6.45. The number of nitrogens with two attached hydrogens (primary N) is 1. The van der Waals surface area contributed by atoms with E-state index in [4.69, 9.17) is 5.84 Å². The molecule has 0 saturated carbocycles. The van der Waals surface area contributed by atoms with Crippen LogP contribution in [0, 0.1) is 5.92 Å². The topological polar surface area (TPSA) is 127 Å². The van der Waals surface area contributed by atoms with E-state index in [1.54, 1.807) is 18.5 Å². The van der Waals surface area contributed by atoms with Crippen LogP contribution in [0.25, 0.3) is 5.95 Å². The molecule has 0 aliphatic rings. The molecule has 2 aromatic heterocycles. The zero-order valence-electron chi connectivity index (χ0n) is 11.4. The van der Waals surface area contributed by atoms with Gasteiger partial charge in [0.05, 0.1) is 12.6 Å². The van der Waals surface area contributed by atoms with Gasteiger partial charge in [-0.1, -0.05) is 13.8 Å². The molecular formula is C11H18N8O. The molecule has 0 saturated heterocycles. The number of aliphatic hydroxyl groups excluding tert-OH is 1. The number of nitrogens with zero attached hydrogens (tertiary/aromatic N) is 5. The minimum Gasteiger partial charge on any atom is -0.394 e. The summed E-state index contributed by atoms with van der Waals surface area (Å²) in [5.41, 5.74) is 2.38. The highest BCUT2D eigenvalue weighted by Crippen LogP contribution is 2.11. The van der Waals surface area contributed by atoms with Crippen molar-refractivity contribution in [3.8, 4) is 5.95 Å². The van der Waals surface area contributed by atoms with Gasteiger partial charge in [-0.3, -0.25) is 5.43 Å². The third-order valence-electron chi connectivity index (χ3n) is 2.78. The minimum absolute atomic E-state index is 0.0220. The highest BCUT2D eigenvalue weighted by molar-refractivity contribution is 5.37. The molecular weight excluding hydrogens is 260 g/mol. The Morgan fingerprint density at radius 2 is 2.05 bits per heavy atom. The van der Waals surface area contributed by atoms with Crippen LogP contribution in [0.3, 0.4) is 0 Å². The normalized spacial score (nSPS) is 12.4. The molecule has 5 N–H and O–H groups in total. The van der Waals surface area contributed by atoms with E-state index >= 15 is 0 Å². The number of nitrogen functional groups attached to an aromatic ring is 1. The number of aromatic nitrogens is 5. The lowest BCUT2D eigenvalue weighted by Crippen LogP contribution is -2.31. The molecule has 0 fully saturated rings. The van der Waals surface area contributed by atoms with Gasteiger partial charge in [0.25, 0.3) is 5.95 Å². The molecule has 20 heavy (non-hydrogen) atoms. The summed E-state index contributed by atoms with van der Waals surface area (Å²) < 4.78 is 1.50. The van der Waals surface area contributed by atoms with Crippen molar-refractivity contribution in [2.75, 3.05) is 17.3 Å². The number of nitrogens with one attached hydrogen (secondary N) is 2. The first kappa shape index (κ1) is 14.2. The van der Waals surface area contributed by atoms with E-state index in [2.05, 4.69) is 30.8 Å². The number of hydrazine groups is 1. The second-order valence-electron chi connectivity index (χ2n) is 4.56. The van der Waals surface area contributed by atoms with Crippen molar-refractivity contribution in [2.24, 2.45) is 11.8 Å². The van der Waals surface area contributed by atoms with Gasteiger partial charge in [-0.15, -0.1) is 0 Å². The molecule has 0 radical (unpaired) electrons. The Morgan fingerprint density at radius 1 is 1.30 bits per heavy atom. The maximum absolute atomic E-state index is 9.35. The highest BCUT2D eigenvalue weighted by Gasteiger charge is 2.15. The van der Waals surface area contributed by atoms with Crippen molar-refractivity contribution in [2.45, 2.75) is 19.9 Å². The minimum atomic E-state index is -0.159. The molecule has 0 aliphatic heterocycles. The summed E-state index contributed by atoms with van der Waals surface area (Å²) in [5, 5.41) is 16.5. The Bertz CT molecular complexity index is 541. The number of hydrogen-bond acceptors (Lipinski definition) is 8. The van der Waals surface area contributed by atoms with Gasteiger partial charge in [0.1, 0.15) is 0 Å². The molecule has 2 aromatic rings. The van der Waals surface area contributed by atoms with Crippen LogP contribution < -0.4 is 16.6 Å². The van der Waals surface area contributed by atoms with E-state index in [0.29, 0.717) is 11.9 Å². The van der Waals surface area contributed by atoms with Gasteiger partial charge >= 0.3 is 0 Å². The summed E-state index contributed by atoms with van der Waals surface area (Å²) in [6.07, 6.45) is 3.34. The van der Waals surface area contributed by atoms with E-state index in [1.165, 1.54) is 4.68 Å². The molecule has 0 bridgehead atoms. The quantitative estimate of drug-likeness (QED) is 0.421. The number of aliphatic hydroxyl groups is 1. The number of anilines is 2. The summed E-state index contributed by atoms with van der Waals surface area (Å²) >= 11 is 0. The largest absolute Gasteiger partial charge is 0.394 e. The van der Waals surface area contributed by atoms with Crippen LogP contribution in [0.2, 0.25) is 0 Å². The fourth-order valence-corrected chi connectivity index (χ4v) is 1.57. The Labute approximate surface area is 116 Å². The average Bonchev–Trinajstić information content (AvgIpc) is 2.98. The zero-order valence-corrected chi connectivity index (χ0v) is 11.4. The monoisotopic (exact) mass is 278 g/mol. The van der Waals surface area contributed by atoms with Gasteiger partial charge < -0.3 is 10.4 Å². The molecule has 0 spiro atoms. The van der Waals surface area contributed by atoms with Crippen molar-refractivity contribution >= 4 is 11.9 Å². The molecule has 0 aromatic carbocycles. The summed E-state index contributed by atoms with van der Waals surface area (Å²) in [6, 6.07) is 1.60. The predicted molar refractivity (Wildman–Crippen MR) is 74.1 cm³/mol. The molecule has 9 heteroatoms. The lowest BCUT2D eigenvalue weighted by Gasteiger charge is -2.20. The van der Waals surface area contributed by atoms with E-state index < -0.39 is 0 Å². The van der Waals surface area contributed by atoms with Crippen LogP contribution in [0.1, 0.15) is 13.8 Å². The van der Waals surface area contributed by atoms with Gasteiger partial charge in [-0.25, -0.2) is 10.5 Å². The summed E-state index contributed by atoms with van der Waals surface area (Å²) in [7, 11) is 0. The van der Waals surface area contributed by atoms with E-state index in [-0.39, 0.29) is 24.5 Å². The lowest BCUT2D eigenvalue weighted by molar-refractivity contribution is 0.248. The second kappa shape index (κ2) is 6.26. The molecule has 108 valence electrons. The highest BCUT2D eigenvalue weighted by atomic mass is 16.3. The first-order valence-electron chi connectivity index (χ1n) is 6.24. The van der Waals surface area contributed by atoms with Crippen LogP contribution in [-0.2, 0) is 0 Å². The first-order valence-corrected chi connectivity index (χ1v) is 6.24. The Morgan fingerprint density at radius 3 is 2.60 bits per heavy atom. The number of rotatable bonds is 6. The van der Waals surface area contributed by atoms with Crippen molar-refractivity contribution in [1.29, 1.82) is 0 Å². The first-order chi connectivity index (χ1) is 9.63. The molecule has 0 amide bonds. The smallest absolute Gasteiger partial charge is 0.257 e. The Hall–Kier alpha value is -2.26. The molecule has 2 heterocycles. The van der Waals surface area contributed by atoms with Crippen LogP contribution in [0.15, 0.2) is 18.5 Å². The van der Waals surface area contributed by atoms with Crippen molar-refractivity contribution < 1.29 is 5.11 Å². The Kier molecular flexibility index (Phi) is 4.43. The third kappa shape index (κ3) is 3.19. The van der Waals surface area contributed by atoms with Crippen molar-refractivity contribution in [3.63, 3.8) is 0 Å². The van der Waals surface area contributed by atoms with Crippen LogP contribution >= 0.6 is 0 Å². The molecule has 9 nitrogen and oxygen atoms in total. The fourth-order valence-electron chi connectivity index (χ4n) is 1.57. The van der Waals surface area contributed by atoms with Gasteiger partial charge in [-0.2, -0.15) is 20.1 Å². The van der Waals surface area contributed by atoms with E-state index in [9.17, 15) is 5.11 Å². The maximum Gasteiger partial charge on any atom is 0.257 e. The summed E-state index contributed by atoms with van der Waals surface area (Å²) in [6.45, 7) is 3.96. The second-order valence-corrected chi connectivity index (χ2v) is 4.56. The standard InChI is InChI=1S/C11H18N8O/c1-7(2)8(6-20)14-9-15-10(18-12)17-11(16-9)19-5-3-4-13-19/h3-5,7-8,20H,6,12H2,1-2H3,(H2,14,15,16,17,18). The third-order valence-corrected chi connectivity index (χ3v) is 2.78. The fraction of sp³-hybridized carbons (Fsp3) is 0.455.